The summed E-state index contributed by atoms with van der Waals surface area (Å²) in [6, 6.07) is 6.37. The quantitative estimate of drug-likeness (QED) is 0.562. The van der Waals surface area contributed by atoms with Gasteiger partial charge in [0, 0.05) is 30.5 Å². The second-order valence-electron chi connectivity index (χ2n) is 5.46. The molecule has 21 heavy (non-hydrogen) atoms. The van der Waals surface area contributed by atoms with Gasteiger partial charge in [0.1, 0.15) is 5.75 Å². The molecule has 0 saturated heterocycles. The fourth-order valence-corrected chi connectivity index (χ4v) is 3.07. The monoisotopic (exact) mass is 331 g/mol. The molecular weight excluding hydrogens is 305 g/mol. The van der Waals surface area contributed by atoms with E-state index in [0.29, 0.717) is 17.7 Å². The molecule has 2 nitrogen and oxygen atoms in total. The summed E-state index contributed by atoms with van der Waals surface area (Å²) in [5.74, 6) is 2.83. The molecule has 1 aromatic carbocycles. The molecule has 0 saturated carbocycles. The van der Waals surface area contributed by atoms with Gasteiger partial charge in [-0.05, 0) is 36.1 Å². The molecule has 0 aliphatic carbocycles. The van der Waals surface area contributed by atoms with Crippen molar-refractivity contribution in [1.29, 1.82) is 0 Å². The lowest BCUT2D eigenvalue weighted by Gasteiger charge is -2.24. The summed E-state index contributed by atoms with van der Waals surface area (Å²) in [7, 11) is 1.73. The predicted octanol–water partition coefficient (Wildman–Crippen LogP) is 4.96. The lowest BCUT2D eigenvalue weighted by Crippen LogP contribution is -2.27. The molecule has 0 fully saturated rings. The Morgan fingerprint density at radius 2 is 1.86 bits per heavy atom. The Balaban J connectivity index is 2.96. The zero-order valence-corrected chi connectivity index (χ0v) is 14.9. The molecule has 0 aliphatic rings. The predicted molar refractivity (Wildman–Crippen MR) is 94.4 cm³/mol. The van der Waals surface area contributed by atoms with E-state index in [1.807, 2.05) is 0 Å². The van der Waals surface area contributed by atoms with Crippen molar-refractivity contribution < 1.29 is 4.74 Å². The van der Waals surface area contributed by atoms with E-state index in [9.17, 15) is 0 Å². The summed E-state index contributed by atoms with van der Waals surface area (Å²) >= 11 is 11.8. The fraction of sp³-hybridized carbons (Fsp3) is 0.647. The number of methoxy groups -OCH3 is 1. The maximum atomic E-state index is 5.90. The number of hydrogen-bond donors (Lipinski definition) is 0. The van der Waals surface area contributed by atoms with Gasteiger partial charge in [-0.3, -0.25) is 0 Å². The summed E-state index contributed by atoms with van der Waals surface area (Å²) in [5.41, 5.74) is 2.45. The van der Waals surface area contributed by atoms with E-state index in [0.717, 1.165) is 25.3 Å². The molecular formula is C17H27Cl2NO. The van der Waals surface area contributed by atoms with Crippen molar-refractivity contribution in [3.8, 4) is 5.75 Å². The highest BCUT2D eigenvalue weighted by Crippen LogP contribution is 2.28. The topological polar surface area (TPSA) is 12.5 Å². The third-order valence-electron chi connectivity index (χ3n) is 3.69. The molecule has 0 aliphatic heterocycles. The number of ether oxygens (including phenoxy) is 1. The minimum Gasteiger partial charge on any atom is -0.496 e. The number of halogens is 2. The van der Waals surface area contributed by atoms with Crippen molar-refractivity contribution >= 4 is 28.9 Å². The first kappa shape index (κ1) is 18.4. The molecule has 1 aromatic rings. The fourth-order valence-electron chi connectivity index (χ4n) is 2.67. The molecule has 0 aromatic heterocycles. The van der Waals surface area contributed by atoms with Gasteiger partial charge in [-0.1, -0.05) is 26.7 Å². The Morgan fingerprint density at radius 3 is 2.38 bits per heavy atom. The third-order valence-corrected chi connectivity index (χ3v) is 4.03. The van der Waals surface area contributed by atoms with Crippen molar-refractivity contribution in [2.24, 2.45) is 5.92 Å². The lowest BCUT2D eigenvalue weighted by atomic mass is 9.96. The molecule has 0 radical (unpaired) electrons. The van der Waals surface area contributed by atoms with Crippen molar-refractivity contribution in [2.75, 3.05) is 36.9 Å². The maximum absolute atomic E-state index is 5.90. The highest BCUT2D eigenvalue weighted by molar-refractivity contribution is 6.18. The van der Waals surface area contributed by atoms with Crippen molar-refractivity contribution in [3.63, 3.8) is 0 Å². The first-order valence-electron chi connectivity index (χ1n) is 7.70. The smallest absolute Gasteiger partial charge is 0.122 e. The molecule has 1 unspecified atom stereocenters. The highest BCUT2D eigenvalue weighted by atomic mass is 35.5. The van der Waals surface area contributed by atoms with Crippen molar-refractivity contribution in [1.82, 2.24) is 0 Å². The van der Waals surface area contributed by atoms with Gasteiger partial charge in [-0.2, -0.15) is 0 Å². The van der Waals surface area contributed by atoms with Crippen molar-refractivity contribution in [3.05, 3.63) is 23.8 Å². The minimum atomic E-state index is 0.602. The highest BCUT2D eigenvalue weighted by Gasteiger charge is 2.12. The Bertz CT molecular complexity index is 406. The second kappa shape index (κ2) is 10.2. The summed E-state index contributed by atoms with van der Waals surface area (Å²) in [4.78, 5) is 2.23. The van der Waals surface area contributed by atoms with E-state index in [2.05, 4.69) is 36.9 Å². The zero-order valence-electron chi connectivity index (χ0n) is 13.4. The summed E-state index contributed by atoms with van der Waals surface area (Å²) < 4.78 is 5.51. The molecule has 0 heterocycles. The number of hydrogen-bond acceptors (Lipinski definition) is 2. The van der Waals surface area contributed by atoms with Crippen LogP contribution in [0.1, 0.15) is 32.3 Å². The number of alkyl halides is 2. The van der Waals surface area contributed by atoms with Crippen LogP contribution in [-0.4, -0.2) is 32.0 Å². The van der Waals surface area contributed by atoms with E-state index < -0.39 is 0 Å². The van der Waals surface area contributed by atoms with E-state index in [1.165, 1.54) is 24.1 Å². The molecule has 1 atom stereocenters. The van der Waals surface area contributed by atoms with E-state index in [1.54, 1.807) is 7.11 Å². The third kappa shape index (κ3) is 5.96. The van der Waals surface area contributed by atoms with Crippen molar-refractivity contribution in [2.45, 2.75) is 33.1 Å². The number of rotatable bonds is 10. The van der Waals surface area contributed by atoms with Crippen LogP contribution < -0.4 is 9.64 Å². The van der Waals surface area contributed by atoms with Gasteiger partial charge < -0.3 is 9.64 Å². The minimum absolute atomic E-state index is 0.602. The van der Waals surface area contributed by atoms with E-state index in [4.69, 9.17) is 27.9 Å². The van der Waals surface area contributed by atoms with Gasteiger partial charge >= 0.3 is 0 Å². The number of nitrogens with zero attached hydrogens (tertiary/aromatic N) is 1. The zero-order chi connectivity index (χ0) is 15.7. The van der Waals surface area contributed by atoms with Gasteiger partial charge in [-0.15, -0.1) is 23.2 Å². The Kier molecular flexibility index (Phi) is 8.94. The molecule has 0 N–H and O–H groups in total. The SMILES string of the molecule is CCCC(C)Cc1cc(N(CCCl)CCCl)ccc1OC. The van der Waals surface area contributed by atoms with Crippen LogP contribution in [0.2, 0.25) is 0 Å². The number of anilines is 1. The van der Waals surface area contributed by atoms with Crippen LogP contribution in [0.5, 0.6) is 5.75 Å². The van der Waals surface area contributed by atoms with Gasteiger partial charge in [0.15, 0.2) is 0 Å². The summed E-state index contributed by atoms with van der Waals surface area (Å²) in [5, 5.41) is 0. The van der Waals surface area contributed by atoms with Gasteiger partial charge in [0.2, 0.25) is 0 Å². The van der Waals surface area contributed by atoms with Gasteiger partial charge in [-0.25, -0.2) is 0 Å². The average molecular weight is 332 g/mol. The Labute approximate surface area is 139 Å². The molecule has 0 bridgehead atoms. The van der Waals surface area contributed by atoms with Crippen LogP contribution >= 0.6 is 23.2 Å². The lowest BCUT2D eigenvalue weighted by molar-refractivity contribution is 0.403. The molecule has 4 heteroatoms. The van der Waals surface area contributed by atoms with Crippen LogP contribution in [-0.2, 0) is 6.42 Å². The maximum Gasteiger partial charge on any atom is 0.122 e. The largest absolute Gasteiger partial charge is 0.496 e. The summed E-state index contributed by atoms with van der Waals surface area (Å²) in [6.45, 7) is 6.15. The van der Waals surface area contributed by atoms with Crippen LogP contribution in [0.25, 0.3) is 0 Å². The normalized spacial score (nSPS) is 12.2. The average Bonchev–Trinajstić information content (AvgIpc) is 2.47. The Morgan fingerprint density at radius 1 is 1.19 bits per heavy atom. The van der Waals surface area contributed by atoms with E-state index >= 15 is 0 Å². The molecule has 0 spiro atoms. The number of benzene rings is 1. The van der Waals surface area contributed by atoms with Crippen LogP contribution in [0.4, 0.5) is 5.69 Å². The van der Waals surface area contributed by atoms with Gasteiger partial charge in [0.25, 0.3) is 0 Å². The van der Waals surface area contributed by atoms with Crippen LogP contribution in [0.3, 0.4) is 0 Å². The second-order valence-corrected chi connectivity index (χ2v) is 6.22. The first-order valence-corrected chi connectivity index (χ1v) is 8.76. The standard InChI is InChI=1S/C17H27Cl2NO/c1-4-5-14(2)12-15-13-16(6-7-17(15)21-3)20(10-8-18)11-9-19/h6-7,13-14H,4-5,8-12H2,1-3H3. The van der Waals surface area contributed by atoms with Crippen LogP contribution in [0.15, 0.2) is 18.2 Å². The Hall–Kier alpha value is -0.600. The first-order chi connectivity index (χ1) is 10.2. The van der Waals surface area contributed by atoms with E-state index in [-0.39, 0.29) is 0 Å². The molecule has 120 valence electrons. The van der Waals surface area contributed by atoms with Crippen LogP contribution in [0, 0.1) is 5.92 Å². The molecule has 1 rings (SSSR count). The summed E-state index contributed by atoms with van der Waals surface area (Å²) in [6.07, 6.45) is 3.49. The van der Waals surface area contributed by atoms with Gasteiger partial charge in [0.05, 0.1) is 7.11 Å². The molecule has 0 amide bonds.